The van der Waals surface area contributed by atoms with Crippen molar-refractivity contribution in [2.75, 3.05) is 14.7 Å². The Hall–Kier alpha value is -9.02. The fourth-order valence-electron chi connectivity index (χ4n) is 11.3. The van der Waals surface area contributed by atoms with Gasteiger partial charge in [0, 0.05) is 73.9 Å². The summed E-state index contributed by atoms with van der Waals surface area (Å²) < 4.78 is 98.5. The topological polar surface area (TPSA) is 14.7 Å². The average Bonchev–Trinajstić information content (AvgIpc) is 3.93. The van der Waals surface area contributed by atoms with Crippen molar-refractivity contribution in [3.05, 3.63) is 282 Å². The van der Waals surface area contributed by atoms with Crippen LogP contribution in [0.15, 0.2) is 243 Å². The van der Waals surface area contributed by atoms with Gasteiger partial charge in [-0.05, 0) is 157 Å². The molecule has 4 nitrogen and oxygen atoms in total. The van der Waals surface area contributed by atoms with E-state index in [9.17, 15) is 0 Å². The SMILES string of the molecule is C=Cc1ccc(N(C2=Cc3c(n(-c4ccccc4)c4ccccc34)CC2)c2ccc(C(c3ccc(N(c4ccc(C=C)cc4)c4ccc5c(c4)C/C=C\C=C/C(C)N5c4ccccc4)cc3)(C(F)(F)F)C(F)(F)F)cc2)cc1. The first-order valence-corrected chi connectivity index (χ1v) is 25.9. The second kappa shape index (κ2) is 20.8. The third-order valence-corrected chi connectivity index (χ3v) is 15.0. The molecule has 0 bridgehead atoms. The molecule has 9 aromatic rings. The van der Waals surface area contributed by atoms with Crippen LogP contribution in [0.25, 0.3) is 34.8 Å². The van der Waals surface area contributed by atoms with Crippen LogP contribution >= 0.6 is 0 Å². The van der Waals surface area contributed by atoms with Gasteiger partial charge < -0.3 is 19.3 Å². The lowest BCUT2D eigenvalue weighted by Gasteiger charge is -2.39. The number of halogens is 6. The molecular weight excluding hydrogens is 987 g/mol. The number of anilines is 7. The Kier molecular flexibility index (Phi) is 13.7. The molecule has 0 N–H and O–H groups in total. The van der Waals surface area contributed by atoms with Gasteiger partial charge in [0.2, 0.25) is 5.41 Å². The van der Waals surface area contributed by atoms with Gasteiger partial charge in [0.25, 0.3) is 0 Å². The van der Waals surface area contributed by atoms with E-state index in [4.69, 9.17) is 0 Å². The van der Waals surface area contributed by atoms with E-state index in [1.54, 1.807) is 12.2 Å². The van der Waals surface area contributed by atoms with Gasteiger partial charge in [0.05, 0.1) is 5.52 Å². The summed E-state index contributed by atoms with van der Waals surface area (Å²) in [5.41, 5.74) is 6.01. The van der Waals surface area contributed by atoms with Gasteiger partial charge in [0.1, 0.15) is 0 Å². The minimum Gasteiger partial charge on any atom is -0.335 e. The molecule has 1 aromatic heterocycles. The van der Waals surface area contributed by atoms with Gasteiger partial charge >= 0.3 is 12.4 Å². The normalized spacial score (nSPS) is 15.4. The molecule has 1 atom stereocenters. The average molecular weight is 1040 g/mol. The molecule has 11 rings (SSSR count). The number of allylic oxidation sites excluding steroid dienone is 4. The highest BCUT2D eigenvalue weighted by Gasteiger charge is 2.72. The van der Waals surface area contributed by atoms with E-state index in [2.05, 4.69) is 72.0 Å². The molecule has 1 unspecified atom stereocenters. The number of hydrogen-bond donors (Lipinski definition) is 0. The van der Waals surface area contributed by atoms with Crippen molar-refractivity contribution < 1.29 is 26.3 Å². The van der Waals surface area contributed by atoms with Crippen molar-refractivity contribution >= 4 is 68.9 Å². The summed E-state index contributed by atoms with van der Waals surface area (Å²) in [6.07, 6.45) is 3.77. The van der Waals surface area contributed by atoms with E-state index in [0.29, 0.717) is 47.7 Å². The molecule has 0 amide bonds. The highest BCUT2D eigenvalue weighted by Crippen LogP contribution is 2.57. The van der Waals surface area contributed by atoms with Gasteiger partial charge in [-0.2, -0.15) is 26.3 Å². The van der Waals surface area contributed by atoms with Crippen LogP contribution < -0.4 is 14.7 Å². The zero-order valence-electron chi connectivity index (χ0n) is 42.8. The Balaban J connectivity index is 1.01. The largest absolute Gasteiger partial charge is 0.411 e. The second-order valence-electron chi connectivity index (χ2n) is 19.6. The Bertz CT molecular complexity index is 3710. The van der Waals surface area contributed by atoms with E-state index < -0.39 is 28.9 Å². The molecule has 78 heavy (non-hydrogen) atoms. The molecule has 8 aromatic carbocycles. The Morgan fingerprint density at radius 3 is 1.58 bits per heavy atom. The number of nitrogens with zero attached hydrogens (tertiary/aromatic N) is 4. The van der Waals surface area contributed by atoms with Crippen LogP contribution in [-0.2, 0) is 18.3 Å². The maximum atomic E-state index is 16.0. The van der Waals surface area contributed by atoms with E-state index >= 15 is 26.3 Å². The number of alkyl halides is 6. The van der Waals surface area contributed by atoms with Gasteiger partial charge in [-0.25, -0.2) is 0 Å². The first-order chi connectivity index (χ1) is 37.8. The smallest absolute Gasteiger partial charge is 0.335 e. The van der Waals surface area contributed by atoms with E-state index in [0.717, 1.165) is 85.9 Å². The highest BCUT2D eigenvalue weighted by atomic mass is 19.4. The van der Waals surface area contributed by atoms with E-state index in [1.165, 1.54) is 24.3 Å². The summed E-state index contributed by atoms with van der Waals surface area (Å²) in [7, 11) is 0. The first-order valence-electron chi connectivity index (χ1n) is 25.9. The Morgan fingerprint density at radius 1 is 0.526 bits per heavy atom. The lowest BCUT2D eigenvalue weighted by molar-refractivity contribution is -0.288. The zero-order valence-corrected chi connectivity index (χ0v) is 42.8. The number of rotatable bonds is 12. The van der Waals surface area contributed by atoms with Crippen LogP contribution in [0.1, 0.15) is 52.4 Å². The van der Waals surface area contributed by atoms with Crippen molar-refractivity contribution in [2.24, 2.45) is 0 Å². The number of para-hydroxylation sites is 3. The minimum atomic E-state index is -5.82. The fourth-order valence-corrected chi connectivity index (χ4v) is 11.3. The van der Waals surface area contributed by atoms with Gasteiger partial charge in [0.15, 0.2) is 0 Å². The molecule has 10 heteroatoms. The van der Waals surface area contributed by atoms with Gasteiger partial charge in [-0.3, -0.25) is 0 Å². The number of fused-ring (bicyclic) bond motifs is 4. The zero-order chi connectivity index (χ0) is 54.2. The molecule has 388 valence electrons. The molecular formula is C68H54F6N4. The van der Waals surface area contributed by atoms with Crippen molar-refractivity contribution in [2.45, 2.75) is 50.0 Å². The van der Waals surface area contributed by atoms with Crippen molar-refractivity contribution in [1.29, 1.82) is 0 Å². The maximum absolute atomic E-state index is 16.0. The molecule has 1 aliphatic carbocycles. The second-order valence-corrected chi connectivity index (χ2v) is 19.6. The van der Waals surface area contributed by atoms with E-state index in [1.807, 2.05) is 149 Å². The molecule has 2 aliphatic rings. The fraction of sp³-hybridized carbons (Fsp3) is 0.118. The van der Waals surface area contributed by atoms with Gasteiger partial charge in [-0.1, -0.05) is 153 Å². The van der Waals surface area contributed by atoms with Crippen molar-refractivity contribution in [3.8, 4) is 5.69 Å². The summed E-state index contributed by atoms with van der Waals surface area (Å²) in [6, 6.07) is 58.4. The van der Waals surface area contributed by atoms with Gasteiger partial charge in [-0.15, -0.1) is 0 Å². The minimum absolute atomic E-state index is 0.0272. The summed E-state index contributed by atoms with van der Waals surface area (Å²) in [6.45, 7) is 9.89. The van der Waals surface area contributed by atoms with Crippen LogP contribution in [0.2, 0.25) is 0 Å². The van der Waals surface area contributed by atoms with Crippen LogP contribution in [0.4, 0.5) is 66.2 Å². The van der Waals surface area contributed by atoms with E-state index in [-0.39, 0.29) is 6.04 Å². The Morgan fingerprint density at radius 2 is 1.03 bits per heavy atom. The van der Waals surface area contributed by atoms with Crippen molar-refractivity contribution in [3.63, 3.8) is 0 Å². The first kappa shape index (κ1) is 51.1. The summed E-state index contributed by atoms with van der Waals surface area (Å²) in [5.74, 6) is 0. The standard InChI is InChI=1S/C68H54F6N4/c1-4-48-25-33-55(34-26-48)76(59-41-43-63-50(45-59)18-10-6-9-17-47(3)75(63)53-19-11-7-12-20-53)57-37-29-51(30-38-57)66(67(69,70)71,68(72,73)74)52-31-39-58(40-32-52)77(56-35-27-49(5-2)28-36-56)60-42-44-65-62(46-60)61-23-15-16-24-64(61)78(65)54-21-13-8-14-22-54/h4-17,19-41,43,45-47H,1-2,18,42,44H2,3H3/b10-6-,17-9-. The molecule has 1 aliphatic heterocycles. The molecule has 0 fully saturated rings. The van der Waals surface area contributed by atoms with Crippen LogP contribution in [0, 0.1) is 0 Å². The van der Waals surface area contributed by atoms with Crippen LogP contribution in [0.5, 0.6) is 0 Å². The van der Waals surface area contributed by atoms with Crippen LogP contribution in [0.3, 0.4) is 0 Å². The predicted octanol–water partition coefficient (Wildman–Crippen LogP) is 19.1. The Labute approximate surface area is 450 Å². The maximum Gasteiger partial charge on any atom is 0.411 e. The predicted molar refractivity (Wildman–Crippen MR) is 309 cm³/mol. The summed E-state index contributed by atoms with van der Waals surface area (Å²) in [4.78, 5) is 6.01. The molecule has 2 heterocycles. The third kappa shape index (κ3) is 9.21. The summed E-state index contributed by atoms with van der Waals surface area (Å²) in [5, 5.41) is 1.02. The third-order valence-electron chi connectivity index (χ3n) is 15.0. The van der Waals surface area contributed by atoms with Crippen LogP contribution in [-0.4, -0.2) is 23.0 Å². The highest BCUT2D eigenvalue weighted by molar-refractivity contribution is 5.95. The molecule has 0 saturated carbocycles. The monoisotopic (exact) mass is 1040 g/mol. The molecule has 0 saturated heterocycles. The number of hydrogen-bond acceptors (Lipinski definition) is 3. The molecule has 0 radical (unpaired) electrons. The summed E-state index contributed by atoms with van der Waals surface area (Å²) >= 11 is 0. The number of aromatic nitrogens is 1. The molecule has 0 spiro atoms. The van der Waals surface area contributed by atoms with Crippen molar-refractivity contribution in [1.82, 2.24) is 4.57 Å². The lowest BCUT2D eigenvalue weighted by Crippen LogP contribution is -2.54. The quantitative estimate of drug-likeness (QED) is 0.113. The lowest BCUT2D eigenvalue weighted by atomic mass is 9.72. The number of benzene rings is 8.